The Kier molecular flexibility index (Phi) is 6.75. The van der Waals surface area contributed by atoms with Gasteiger partial charge in [-0.1, -0.05) is 18.2 Å². The lowest BCUT2D eigenvalue weighted by atomic mass is 10.1. The Morgan fingerprint density at radius 2 is 1.76 bits per heavy atom. The fourth-order valence-electron chi connectivity index (χ4n) is 3.54. The van der Waals surface area contributed by atoms with E-state index in [1.54, 1.807) is 50.4 Å². The minimum Gasteiger partial charge on any atom is -0.496 e. The Balaban J connectivity index is 1.64. The SMILES string of the molecule is COc1ccc(C(=O)c2oc3ccccc3c2NC(=O)C(C)Oc2ccc(C)c(C)c2)cc1Br. The van der Waals surface area contributed by atoms with Crippen LogP contribution in [0.5, 0.6) is 11.5 Å². The molecule has 3 aromatic carbocycles. The number of benzene rings is 3. The number of ether oxygens (including phenoxy) is 2. The number of hydrogen-bond donors (Lipinski definition) is 1. The molecule has 0 bridgehead atoms. The summed E-state index contributed by atoms with van der Waals surface area (Å²) < 4.78 is 17.6. The number of carbonyl (C=O) groups excluding carboxylic acids is 2. The number of halogens is 1. The molecule has 0 aliphatic heterocycles. The van der Waals surface area contributed by atoms with E-state index in [9.17, 15) is 9.59 Å². The zero-order chi connectivity index (χ0) is 24.4. The molecule has 1 amide bonds. The van der Waals surface area contributed by atoms with Crippen LogP contribution in [-0.4, -0.2) is 24.9 Å². The summed E-state index contributed by atoms with van der Waals surface area (Å²) in [5.74, 6) is 0.492. The Labute approximate surface area is 206 Å². The monoisotopic (exact) mass is 521 g/mol. The molecule has 1 aromatic heterocycles. The molecule has 1 heterocycles. The van der Waals surface area contributed by atoms with Gasteiger partial charge in [0.25, 0.3) is 5.91 Å². The van der Waals surface area contributed by atoms with Gasteiger partial charge in [-0.3, -0.25) is 9.59 Å². The fourth-order valence-corrected chi connectivity index (χ4v) is 4.08. The van der Waals surface area contributed by atoms with E-state index < -0.39 is 12.0 Å². The lowest BCUT2D eigenvalue weighted by Crippen LogP contribution is -2.30. The average molecular weight is 522 g/mol. The Morgan fingerprint density at radius 1 is 1.00 bits per heavy atom. The van der Waals surface area contributed by atoms with Gasteiger partial charge in [0.1, 0.15) is 17.1 Å². The van der Waals surface area contributed by atoms with Crippen molar-refractivity contribution in [1.29, 1.82) is 0 Å². The third-order valence-electron chi connectivity index (χ3n) is 5.62. The largest absolute Gasteiger partial charge is 0.496 e. The molecule has 0 fully saturated rings. The van der Waals surface area contributed by atoms with Gasteiger partial charge in [-0.05, 0) is 90.3 Å². The highest BCUT2D eigenvalue weighted by Gasteiger charge is 2.26. The van der Waals surface area contributed by atoms with Gasteiger partial charge >= 0.3 is 0 Å². The lowest BCUT2D eigenvalue weighted by molar-refractivity contribution is -0.122. The minimum atomic E-state index is -0.797. The van der Waals surface area contributed by atoms with Crippen LogP contribution in [0.15, 0.2) is 69.6 Å². The summed E-state index contributed by atoms with van der Waals surface area (Å²) in [6.45, 7) is 5.66. The number of para-hydroxylation sites is 1. The molecule has 7 heteroatoms. The predicted octanol–water partition coefficient (Wildman–Crippen LogP) is 6.46. The van der Waals surface area contributed by atoms with Crippen LogP contribution >= 0.6 is 15.9 Å². The maximum atomic E-state index is 13.4. The van der Waals surface area contributed by atoms with E-state index >= 15 is 0 Å². The van der Waals surface area contributed by atoms with Crippen molar-refractivity contribution >= 4 is 44.3 Å². The van der Waals surface area contributed by atoms with Gasteiger partial charge in [0.15, 0.2) is 11.9 Å². The summed E-state index contributed by atoms with van der Waals surface area (Å²) in [6, 6.07) is 17.8. The summed E-state index contributed by atoms with van der Waals surface area (Å²) in [6.07, 6.45) is -0.797. The molecule has 174 valence electrons. The summed E-state index contributed by atoms with van der Waals surface area (Å²) >= 11 is 3.41. The molecule has 4 aromatic rings. The molecule has 1 atom stereocenters. The summed E-state index contributed by atoms with van der Waals surface area (Å²) in [5.41, 5.74) is 3.42. The van der Waals surface area contributed by atoms with Crippen LogP contribution < -0.4 is 14.8 Å². The summed E-state index contributed by atoms with van der Waals surface area (Å²) in [4.78, 5) is 26.4. The third kappa shape index (κ3) is 4.70. The van der Waals surface area contributed by atoms with Crippen LogP contribution in [0.1, 0.15) is 34.2 Å². The second kappa shape index (κ2) is 9.73. The first-order chi connectivity index (χ1) is 16.3. The van der Waals surface area contributed by atoms with E-state index in [2.05, 4.69) is 21.2 Å². The summed E-state index contributed by atoms with van der Waals surface area (Å²) in [7, 11) is 1.55. The average Bonchev–Trinajstić information content (AvgIpc) is 3.19. The number of nitrogens with one attached hydrogen (secondary N) is 1. The smallest absolute Gasteiger partial charge is 0.265 e. The second-order valence-corrected chi connectivity index (χ2v) is 8.83. The number of amides is 1. The van der Waals surface area contributed by atoms with E-state index in [4.69, 9.17) is 13.9 Å². The third-order valence-corrected chi connectivity index (χ3v) is 6.24. The van der Waals surface area contributed by atoms with Gasteiger partial charge in [-0.15, -0.1) is 0 Å². The molecule has 0 aliphatic rings. The van der Waals surface area contributed by atoms with E-state index in [1.807, 2.05) is 38.1 Å². The predicted molar refractivity (Wildman–Crippen MR) is 135 cm³/mol. The zero-order valence-electron chi connectivity index (χ0n) is 19.3. The van der Waals surface area contributed by atoms with Crippen LogP contribution in [0.2, 0.25) is 0 Å². The van der Waals surface area contributed by atoms with Crippen LogP contribution in [0.4, 0.5) is 5.69 Å². The number of carbonyl (C=O) groups is 2. The maximum absolute atomic E-state index is 13.4. The molecule has 0 radical (unpaired) electrons. The van der Waals surface area contributed by atoms with Crippen molar-refractivity contribution < 1.29 is 23.5 Å². The number of hydrogen-bond acceptors (Lipinski definition) is 5. The van der Waals surface area contributed by atoms with Gasteiger partial charge in [0.2, 0.25) is 5.78 Å². The first-order valence-electron chi connectivity index (χ1n) is 10.7. The molecule has 0 saturated carbocycles. The normalized spacial score (nSPS) is 11.8. The van der Waals surface area contributed by atoms with E-state index in [1.165, 1.54) is 0 Å². The fraction of sp³-hybridized carbons (Fsp3) is 0.185. The van der Waals surface area contributed by atoms with E-state index in [0.717, 1.165) is 11.1 Å². The van der Waals surface area contributed by atoms with Crippen LogP contribution in [0.25, 0.3) is 11.0 Å². The molecular formula is C27H24BrNO5. The summed E-state index contributed by atoms with van der Waals surface area (Å²) in [5, 5.41) is 3.48. The molecule has 0 saturated heterocycles. The zero-order valence-corrected chi connectivity index (χ0v) is 20.9. The molecular weight excluding hydrogens is 498 g/mol. The van der Waals surface area contributed by atoms with Crippen molar-refractivity contribution in [2.24, 2.45) is 0 Å². The van der Waals surface area contributed by atoms with E-state index in [-0.39, 0.29) is 11.5 Å². The lowest BCUT2D eigenvalue weighted by Gasteiger charge is -2.16. The first-order valence-corrected chi connectivity index (χ1v) is 11.5. The molecule has 4 rings (SSSR count). The number of ketones is 1. The van der Waals surface area contributed by atoms with Crippen LogP contribution in [-0.2, 0) is 4.79 Å². The van der Waals surface area contributed by atoms with E-state index in [0.29, 0.717) is 38.2 Å². The molecule has 34 heavy (non-hydrogen) atoms. The van der Waals surface area contributed by atoms with Crippen molar-refractivity contribution in [2.75, 3.05) is 12.4 Å². The van der Waals surface area contributed by atoms with Gasteiger partial charge in [-0.2, -0.15) is 0 Å². The topological polar surface area (TPSA) is 77.8 Å². The standard InChI is InChI=1S/C27H24BrNO5/c1-15-9-11-19(13-16(15)2)33-17(3)27(31)29-24-20-7-5-6-8-22(20)34-26(24)25(30)18-10-12-23(32-4)21(28)14-18/h5-14,17H,1-4H3,(H,29,31). The number of rotatable bonds is 7. The molecule has 1 N–H and O–H groups in total. The Hall–Kier alpha value is -3.58. The number of anilines is 1. The highest BCUT2D eigenvalue weighted by Crippen LogP contribution is 2.34. The van der Waals surface area contributed by atoms with Crippen molar-refractivity contribution in [3.05, 3.63) is 87.6 Å². The quantitative estimate of drug-likeness (QED) is 0.282. The highest BCUT2D eigenvalue weighted by atomic mass is 79.9. The maximum Gasteiger partial charge on any atom is 0.265 e. The highest BCUT2D eigenvalue weighted by molar-refractivity contribution is 9.10. The molecule has 0 spiro atoms. The van der Waals surface area contributed by atoms with Crippen molar-refractivity contribution in [1.82, 2.24) is 0 Å². The first kappa shape index (κ1) is 23.6. The van der Waals surface area contributed by atoms with Crippen molar-refractivity contribution in [2.45, 2.75) is 26.9 Å². The Bertz CT molecular complexity index is 1390. The van der Waals surface area contributed by atoms with Crippen molar-refractivity contribution in [3.8, 4) is 11.5 Å². The van der Waals surface area contributed by atoms with Crippen molar-refractivity contribution in [3.63, 3.8) is 0 Å². The number of methoxy groups -OCH3 is 1. The number of furan rings is 1. The van der Waals surface area contributed by atoms with Gasteiger partial charge in [0, 0.05) is 10.9 Å². The van der Waals surface area contributed by atoms with Gasteiger partial charge in [-0.25, -0.2) is 0 Å². The van der Waals surface area contributed by atoms with Crippen LogP contribution in [0, 0.1) is 13.8 Å². The Morgan fingerprint density at radius 3 is 2.47 bits per heavy atom. The minimum absolute atomic E-state index is 0.0463. The molecule has 6 nitrogen and oxygen atoms in total. The van der Waals surface area contributed by atoms with Gasteiger partial charge in [0.05, 0.1) is 17.3 Å². The molecule has 1 unspecified atom stereocenters. The second-order valence-electron chi connectivity index (χ2n) is 7.98. The number of aryl methyl sites for hydroxylation is 2. The molecule has 0 aliphatic carbocycles. The van der Waals surface area contributed by atoms with Gasteiger partial charge < -0.3 is 19.2 Å². The van der Waals surface area contributed by atoms with Crippen LogP contribution in [0.3, 0.4) is 0 Å². The number of fused-ring (bicyclic) bond motifs is 1.